The SMILES string of the molecule is N#Cc1c(NS(=O)(=O)c2c[nH]c3cc(Cl)ccc23)cnn1CC1CCC1. The number of H-pyrrole nitrogens is 1. The number of nitrogens with zero attached hydrogens (tertiary/aromatic N) is 3. The lowest BCUT2D eigenvalue weighted by Crippen LogP contribution is -2.20. The smallest absolute Gasteiger partial charge is 0.264 e. The van der Waals surface area contributed by atoms with E-state index in [0.717, 1.165) is 12.8 Å². The van der Waals surface area contributed by atoms with Gasteiger partial charge in [-0.15, -0.1) is 0 Å². The highest BCUT2D eigenvalue weighted by molar-refractivity contribution is 7.93. The van der Waals surface area contributed by atoms with Crippen LogP contribution >= 0.6 is 11.6 Å². The zero-order chi connectivity index (χ0) is 18.3. The minimum absolute atomic E-state index is 0.0970. The summed E-state index contributed by atoms with van der Waals surface area (Å²) in [7, 11) is -3.88. The van der Waals surface area contributed by atoms with Crippen molar-refractivity contribution in [1.29, 1.82) is 5.26 Å². The molecule has 7 nitrogen and oxygen atoms in total. The third-order valence-electron chi connectivity index (χ3n) is 4.74. The molecule has 0 unspecified atom stereocenters. The Bertz CT molecular complexity index is 1120. The third-order valence-corrected chi connectivity index (χ3v) is 6.38. The Morgan fingerprint density at radius 2 is 2.23 bits per heavy atom. The van der Waals surface area contributed by atoms with Gasteiger partial charge in [0.25, 0.3) is 10.0 Å². The zero-order valence-corrected chi connectivity index (χ0v) is 15.3. The highest BCUT2D eigenvalue weighted by Crippen LogP contribution is 2.30. The summed E-state index contributed by atoms with van der Waals surface area (Å²) < 4.78 is 29.7. The minimum Gasteiger partial charge on any atom is -0.360 e. The summed E-state index contributed by atoms with van der Waals surface area (Å²) >= 11 is 5.94. The first-order valence-electron chi connectivity index (χ1n) is 8.23. The van der Waals surface area contributed by atoms with Gasteiger partial charge in [0.15, 0.2) is 5.69 Å². The fraction of sp³-hybridized carbons (Fsp3) is 0.294. The van der Waals surface area contributed by atoms with Crippen LogP contribution in [0.25, 0.3) is 10.9 Å². The Hall–Kier alpha value is -2.50. The van der Waals surface area contributed by atoms with Gasteiger partial charge < -0.3 is 4.98 Å². The topological polar surface area (TPSA) is 104 Å². The van der Waals surface area contributed by atoms with E-state index in [0.29, 0.717) is 28.4 Å². The van der Waals surface area contributed by atoms with Crippen molar-refractivity contribution in [2.75, 3.05) is 4.72 Å². The maximum atomic E-state index is 12.8. The monoisotopic (exact) mass is 389 g/mol. The van der Waals surface area contributed by atoms with Crippen molar-refractivity contribution >= 4 is 38.2 Å². The number of anilines is 1. The van der Waals surface area contributed by atoms with Gasteiger partial charge in [-0.1, -0.05) is 18.0 Å². The average molecular weight is 390 g/mol. The van der Waals surface area contributed by atoms with Gasteiger partial charge in [0.05, 0.1) is 6.20 Å². The Morgan fingerprint density at radius 3 is 2.92 bits per heavy atom. The molecule has 0 radical (unpaired) electrons. The molecule has 0 atom stereocenters. The second-order valence-corrected chi connectivity index (χ2v) is 8.53. The van der Waals surface area contributed by atoms with Gasteiger partial charge in [0.2, 0.25) is 0 Å². The molecule has 1 aromatic carbocycles. The first-order valence-corrected chi connectivity index (χ1v) is 10.1. The highest BCUT2D eigenvalue weighted by atomic mass is 35.5. The van der Waals surface area contributed by atoms with Gasteiger partial charge in [0.1, 0.15) is 16.7 Å². The van der Waals surface area contributed by atoms with Gasteiger partial charge >= 0.3 is 0 Å². The van der Waals surface area contributed by atoms with E-state index in [9.17, 15) is 13.7 Å². The maximum Gasteiger partial charge on any atom is 0.264 e. The average Bonchev–Trinajstić information content (AvgIpc) is 3.14. The van der Waals surface area contributed by atoms with Crippen molar-refractivity contribution in [2.45, 2.75) is 30.7 Å². The second-order valence-electron chi connectivity index (χ2n) is 6.45. The Balaban J connectivity index is 1.66. The summed E-state index contributed by atoms with van der Waals surface area (Å²) in [5.74, 6) is 0.504. The molecular weight excluding hydrogens is 374 g/mol. The van der Waals surface area contributed by atoms with E-state index in [2.05, 4.69) is 20.9 Å². The number of aromatic nitrogens is 3. The summed E-state index contributed by atoms with van der Waals surface area (Å²) in [6, 6.07) is 7.00. The van der Waals surface area contributed by atoms with Crippen molar-refractivity contribution in [3.63, 3.8) is 0 Å². The largest absolute Gasteiger partial charge is 0.360 e. The third kappa shape index (κ3) is 2.93. The van der Waals surface area contributed by atoms with Crippen molar-refractivity contribution < 1.29 is 8.42 Å². The van der Waals surface area contributed by atoms with Crippen LogP contribution in [0.1, 0.15) is 25.0 Å². The lowest BCUT2D eigenvalue weighted by Gasteiger charge is -2.25. The molecule has 0 aliphatic heterocycles. The number of aromatic amines is 1. The number of rotatable bonds is 5. The van der Waals surface area contributed by atoms with Gasteiger partial charge in [0, 0.05) is 28.7 Å². The molecule has 2 aromatic heterocycles. The highest BCUT2D eigenvalue weighted by Gasteiger charge is 2.24. The molecule has 4 rings (SSSR count). The van der Waals surface area contributed by atoms with Crippen LogP contribution < -0.4 is 4.72 Å². The lowest BCUT2D eigenvalue weighted by atomic mass is 9.85. The first kappa shape index (κ1) is 16.9. The van der Waals surface area contributed by atoms with E-state index in [4.69, 9.17) is 11.6 Å². The lowest BCUT2D eigenvalue weighted by molar-refractivity contribution is 0.265. The van der Waals surface area contributed by atoms with Crippen molar-refractivity contribution in [2.24, 2.45) is 5.92 Å². The number of hydrogen-bond donors (Lipinski definition) is 2. The van der Waals surface area contributed by atoms with E-state index < -0.39 is 10.0 Å². The van der Waals surface area contributed by atoms with Gasteiger partial charge in [-0.3, -0.25) is 9.40 Å². The predicted molar refractivity (Wildman–Crippen MR) is 98.4 cm³/mol. The van der Waals surface area contributed by atoms with Gasteiger partial charge in [-0.25, -0.2) is 8.42 Å². The number of nitriles is 1. The van der Waals surface area contributed by atoms with Crippen LogP contribution in [0, 0.1) is 17.2 Å². The zero-order valence-electron chi connectivity index (χ0n) is 13.7. The molecule has 1 fully saturated rings. The molecule has 0 saturated heterocycles. The fourth-order valence-electron chi connectivity index (χ4n) is 3.13. The van der Waals surface area contributed by atoms with Gasteiger partial charge in [-0.05, 0) is 37.0 Å². The van der Waals surface area contributed by atoms with E-state index in [-0.39, 0.29) is 16.3 Å². The van der Waals surface area contributed by atoms with Gasteiger partial charge in [-0.2, -0.15) is 10.4 Å². The molecular formula is C17H16ClN5O2S. The van der Waals surface area contributed by atoms with E-state index in [1.807, 2.05) is 0 Å². The van der Waals surface area contributed by atoms with Crippen LogP contribution in [0.2, 0.25) is 5.02 Å². The summed E-state index contributed by atoms with van der Waals surface area (Å²) in [6.07, 6.45) is 6.22. The van der Waals surface area contributed by atoms with Crippen molar-refractivity contribution in [3.05, 3.63) is 41.3 Å². The predicted octanol–water partition coefficient (Wildman–Crippen LogP) is 3.49. The molecule has 0 bridgehead atoms. The molecule has 2 N–H and O–H groups in total. The molecule has 0 spiro atoms. The normalized spacial score (nSPS) is 14.9. The molecule has 134 valence electrons. The Morgan fingerprint density at radius 1 is 1.42 bits per heavy atom. The first-order chi connectivity index (χ1) is 12.5. The van der Waals surface area contributed by atoms with Crippen LogP contribution in [0.4, 0.5) is 5.69 Å². The molecule has 0 amide bonds. The quantitative estimate of drug-likeness (QED) is 0.696. The Labute approximate surface area is 155 Å². The summed E-state index contributed by atoms with van der Waals surface area (Å²) in [6.45, 7) is 0.635. The summed E-state index contributed by atoms with van der Waals surface area (Å²) in [5.41, 5.74) is 1.04. The van der Waals surface area contributed by atoms with Crippen LogP contribution in [0.15, 0.2) is 35.5 Å². The number of halogens is 1. The minimum atomic E-state index is -3.88. The fourth-order valence-corrected chi connectivity index (χ4v) is 4.53. The molecule has 1 aliphatic rings. The Kier molecular flexibility index (Phi) is 4.13. The van der Waals surface area contributed by atoms with Crippen LogP contribution in [-0.4, -0.2) is 23.2 Å². The standard InChI is InChI=1S/C17H16ClN5O2S/c18-12-4-5-13-14(6-12)20-9-17(13)26(24,25)22-15-8-21-23(16(15)7-19)10-11-2-1-3-11/h4-6,8-9,11,20,22H,1-3,10H2. The van der Waals surface area contributed by atoms with Crippen molar-refractivity contribution in [1.82, 2.24) is 14.8 Å². The molecule has 2 heterocycles. The number of nitrogens with one attached hydrogen (secondary N) is 2. The van der Waals surface area contributed by atoms with E-state index in [1.54, 1.807) is 22.9 Å². The number of hydrogen-bond acceptors (Lipinski definition) is 4. The number of fused-ring (bicyclic) bond motifs is 1. The van der Waals surface area contributed by atoms with Crippen molar-refractivity contribution in [3.8, 4) is 6.07 Å². The van der Waals surface area contributed by atoms with Crippen LogP contribution in [0.3, 0.4) is 0 Å². The van der Waals surface area contributed by atoms with E-state index in [1.165, 1.54) is 18.8 Å². The summed E-state index contributed by atoms with van der Waals surface area (Å²) in [5, 5.41) is 14.7. The maximum absolute atomic E-state index is 12.8. The molecule has 3 aromatic rings. The second kappa shape index (κ2) is 6.34. The summed E-state index contributed by atoms with van der Waals surface area (Å²) in [4.78, 5) is 3.00. The number of benzene rings is 1. The molecule has 1 saturated carbocycles. The number of sulfonamides is 1. The molecule has 26 heavy (non-hydrogen) atoms. The molecule has 1 aliphatic carbocycles. The molecule has 9 heteroatoms. The van der Waals surface area contributed by atoms with Crippen LogP contribution in [0.5, 0.6) is 0 Å². The van der Waals surface area contributed by atoms with Crippen LogP contribution in [-0.2, 0) is 16.6 Å². The van der Waals surface area contributed by atoms with E-state index >= 15 is 0 Å².